The molecule has 4 aromatic rings. The van der Waals surface area contributed by atoms with E-state index < -0.39 is 17.6 Å². The van der Waals surface area contributed by atoms with Crippen molar-refractivity contribution in [2.24, 2.45) is 5.10 Å². The maximum atomic E-state index is 15.0. The molecule has 1 saturated heterocycles. The third kappa shape index (κ3) is 12.0. The van der Waals surface area contributed by atoms with Crippen LogP contribution < -0.4 is 21.4 Å². The van der Waals surface area contributed by atoms with Crippen molar-refractivity contribution in [3.63, 3.8) is 0 Å². The van der Waals surface area contributed by atoms with E-state index in [1.807, 2.05) is 37.3 Å². The van der Waals surface area contributed by atoms with E-state index >= 15 is 0 Å². The number of ether oxygens (including phenoxy) is 1. The van der Waals surface area contributed by atoms with Gasteiger partial charge < -0.3 is 30.5 Å². The topological polar surface area (TPSA) is 174 Å². The zero-order valence-electron chi connectivity index (χ0n) is 31.6. The van der Waals surface area contributed by atoms with Gasteiger partial charge in [0.15, 0.2) is 5.69 Å². The number of benzene rings is 3. The van der Waals surface area contributed by atoms with E-state index in [1.54, 1.807) is 35.2 Å². The van der Waals surface area contributed by atoms with Crippen LogP contribution in [0.4, 0.5) is 10.1 Å². The second-order valence-electron chi connectivity index (χ2n) is 13.1. The highest BCUT2D eigenvalue weighted by atomic mass is 35.5. The van der Waals surface area contributed by atoms with Crippen LogP contribution >= 0.6 is 11.6 Å². The summed E-state index contributed by atoms with van der Waals surface area (Å²) in [6.45, 7) is 5.48. The van der Waals surface area contributed by atoms with Crippen LogP contribution in [0.25, 0.3) is 11.1 Å². The molecule has 1 fully saturated rings. The standard InChI is InChI=1S/C41H44ClFN8O6/c1-27-6-3-4-9-33(27)36(49-47-26-52)21-29-10-11-35(43)34(20-29)41(56)51-16-14-50(15-17-51)38(54)25-44-12-18-57-19-13-45-40(55)39-37(48-28(2)53)23-31(24-46-39)30-7-5-8-32(42)22-30/h3-11,20,22-24,26,44H,12-19,21,25H2,1-2H3,(H,45,55)(H,47,52)(H,48,53)/b49-36-. The maximum Gasteiger partial charge on any atom is 0.272 e. The molecule has 298 valence electrons. The number of halogens is 2. The number of hydrogen-bond donors (Lipinski definition) is 4. The van der Waals surface area contributed by atoms with Gasteiger partial charge in [0.25, 0.3) is 11.8 Å². The Labute approximate surface area is 334 Å². The molecule has 3 aromatic carbocycles. The van der Waals surface area contributed by atoms with Crippen molar-refractivity contribution in [3.8, 4) is 11.1 Å². The molecule has 0 spiro atoms. The molecule has 1 aliphatic rings. The van der Waals surface area contributed by atoms with Crippen LogP contribution in [0.1, 0.15) is 44.5 Å². The molecule has 5 amide bonds. The number of nitrogens with zero attached hydrogens (tertiary/aromatic N) is 4. The number of carbonyl (C=O) groups is 5. The summed E-state index contributed by atoms with van der Waals surface area (Å²) in [7, 11) is 0. The first-order valence-electron chi connectivity index (χ1n) is 18.3. The summed E-state index contributed by atoms with van der Waals surface area (Å²) in [6, 6.07) is 20.7. The summed E-state index contributed by atoms with van der Waals surface area (Å²) in [5.41, 5.74) is 7.03. The number of nitrogens with one attached hydrogen (secondary N) is 4. The molecule has 0 unspecified atom stereocenters. The molecule has 0 radical (unpaired) electrons. The van der Waals surface area contributed by atoms with Crippen LogP contribution in [-0.4, -0.2) is 110 Å². The fraction of sp³-hybridized carbons (Fsp3) is 0.293. The Morgan fingerprint density at radius 1 is 0.912 bits per heavy atom. The van der Waals surface area contributed by atoms with Gasteiger partial charge in [-0.15, -0.1) is 0 Å². The average Bonchev–Trinajstić information content (AvgIpc) is 3.20. The third-order valence-electron chi connectivity index (χ3n) is 9.06. The minimum atomic E-state index is -0.648. The molecule has 2 heterocycles. The molecule has 57 heavy (non-hydrogen) atoms. The van der Waals surface area contributed by atoms with Gasteiger partial charge in [0, 0.05) is 75.0 Å². The summed E-state index contributed by atoms with van der Waals surface area (Å²) in [5.74, 6) is -2.09. The molecule has 4 N–H and O–H groups in total. The lowest BCUT2D eigenvalue weighted by Crippen LogP contribution is -2.52. The Bertz CT molecular complexity index is 2120. The molecule has 5 rings (SSSR count). The van der Waals surface area contributed by atoms with Crippen LogP contribution in [0.5, 0.6) is 0 Å². The van der Waals surface area contributed by atoms with Gasteiger partial charge in [0.1, 0.15) is 5.82 Å². The molecular weight excluding hydrogens is 755 g/mol. The summed E-state index contributed by atoms with van der Waals surface area (Å²) < 4.78 is 20.5. The SMILES string of the molecule is CC(=O)Nc1cc(-c2cccc(Cl)c2)cnc1C(=O)NCCOCCNCC(=O)N1CCN(C(=O)c2cc(C/C(=N/NC=O)c3ccccc3C)ccc2F)CC1. The first kappa shape index (κ1) is 42.1. The van der Waals surface area contributed by atoms with E-state index in [4.69, 9.17) is 16.3 Å². The highest BCUT2D eigenvalue weighted by Gasteiger charge is 2.27. The van der Waals surface area contributed by atoms with Crippen molar-refractivity contribution in [1.29, 1.82) is 0 Å². The van der Waals surface area contributed by atoms with Crippen molar-refractivity contribution in [3.05, 3.63) is 118 Å². The number of amides is 5. The van der Waals surface area contributed by atoms with E-state index in [-0.39, 0.29) is 74.6 Å². The number of anilines is 1. The van der Waals surface area contributed by atoms with E-state index in [9.17, 15) is 28.4 Å². The van der Waals surface area contributed by atoms with Crippen LogP contribution in [0.2, 0.25) is 5.02 Å². The predicted molar refractivity (Wildman–Crippen MR) is 215 cm³/mol. The van der Waals surface area contributed by atoms with Gasteiger partial charge in [-0.2, -0.15) is 5.10 Å². The molecule has 0 atom stereocenters. The number of rotatable bonds is 17. The van der Waals surface area contributed by atoms with Crippen molar-refractivity contribution in [2.75, 3.05) is 64.3 Å². The molecular formula is C41H44ClFN8O6. The van der Waals surface area contributed by atoms with Gasteiger partial charge in [-0.3, -0.25) is 24.0 Å². The number of hydrogen-bond acceptors (Lipinski definition) is 9. The first-order chi connectivity index (χ1) is 27.5. The van der Waals surface area contributed by atoms with Crippen LogP contribution in [-0.2, 0) is 25.5 Å². The monoisotopic (exact) mass is 798 g/mol. The summed E-state index contributed by atoms with van der Waals surface area (Å²) >= 11 is 6.11. The second-order valence-corrected chi connectivity index (χ2v) is 13.6. The molecule has 16 heteroatoms. The molecule has 0 saturated carbocycles. The Hall–Kier alpha value is -6.03. The van der Waals surface area contributed by atoms with Gasteiger partial charge >= 0.3 is 0 Å². The van der Waals surface area contributed by atoms with E-state index in [0.717, 1.165) is 16.7 Å². The predicted octanol–water partition coefficient (Wildman–Crippen LogP) is 3.82. The Morgan fingerprint density at radius 2 is 1.67 bits per heavy atom. The van der Waals surface area contributed by atoms with Gasteiger partial charge in [0.2, 0.25) is 18.2 Å². The lowest BCUT2D eigenvalue weighted by atomic mass is 9.97. The first-order valence-corrected chi connectivity index (χ1v) is 18.7. The Morgan fingerprint density at radius 3 is 2.40 bits per heavy atom. The van der Waals surface area contributed by atoms with Crippen LogP contribution in [0, 0.1) is 12.7 Å². The molecule has 0 aliphatic carbocycles. The van der Waals surface area contributed by atoms with Gasteiger partial charge in [-0.1, -0.05) is 54.1 Å². The van der Waals surface area contributed by atoms with E-state index in [2.05, 4.69) is 31.5 Å². The number of piperazine rings is 1. The smallest absolute Gasteiger partial charge is 0.272 e. The van der Waals surface area contributed by atoms with Gasteiger partial charge in [-0.25, -0.2) is 14.8 Å². The summed E-state index contributed by atoms with van der Waals surface area (Å²) in [4.78, 5) is 69.4. The molecule has 14 nitrogen and oxygen atoms in total. The zero-order valence-corrected chi connectivity index (χ0v) is 32.4. The van der Waals surface area contributed by atoms with Crippen molar-refractivity contribution >= 4 is 53.0 Å². The average molecular weight is 799 g/mol. The zero-order chi connectivity index (χ0) is 40.7. The number of pyridine rings is 1. The van der Waals surface area contributed by atoms with Crippen LogP contribution in [0.3, 0.4) is 0 Å². The third-order valence-corrected chi connectivity index (χ3v) is 9.30. The Kier molecular flexibility index (Phi) is 15.3. The highest BCUT2D eigenvalue weighted by Crippen LogP contribution is 2.26. The summed E-state index contributed by atoms with van der Waals surface area (Å²) in [6.07, 6.45) is 2.26. The fourth-order valence-electron chi connectivity index (χ4n) is 6.20. The van der Waals surface area contributed by atoms with E-state index in [0.29, 0.717) is 47.9 Å². The number of aryl methyl sites for hydroxylation is 1. The van der Waals surface area contributed by atoms with E-state index in [1.165, 1.54) is 30.2 Å². The van der Waals surface area contributed by atoms with Crippen molar-refractivity contribution in [1.82, 2.24) is 30.8 Å². The minimum absolute atomic E-state index is 0.0578. The quantitative estimate of drug-likeness (QED) is 0.0540. The number of aromatic nitrogens is 1. The van der Waals surface area contributed by atoms with Crippen molar-refractivity contribution < 1.29 is 33.1 Å². The second kappa shape index (κ2) is 20.8. The summed E-state index contributed by atoms with van der Waals surface area (Å²) in [5, 5.41) is 13.2. The fourth-order valence-corrected chi connectivity index (χ4v) is 6.39. The Balaban J connectivity index is 1.01. The minimum Gasteiger partial charge on any atom is -0.378 e. The molecule has 0 bridgehead atoms. The maximum absolute atomic E-state index is 15.0. The van der Waals surface area contributed by atoms with Gasteiger partial charge in [0.05, 0.1) is 36.7 Å². The number of hydrazone groups is 1. The lowest BCUT2D eigenvalue weighted by Gasteiger charge is -2.35. The normalized spacial score (nSPS) is 12.9. The lowest BCUT2D eigenvalue weighted by molar-refractivity contribution is -0.131. The molecule has 1 aliphatic heterocycles. The van der Waals surface area contributed by atoms with Gasteiger partial charge in [-0.05, 0) is 53.9 Å². The van der Waals surface area contributed by atoms with Crippen LogP contribution in [0.15, 0.2) is 84.1 Å². The number of carbonyl (C=O) groups excluding carboxylic acids is 5. The highest BCUT2D eigenvalue weighted by molar-refractivity contribution is 6.30. The largest absolute Gasteiger partial charge is 0.378 e. The molecule has 1 aromatic heterocycles. The van der Waals surface area contributed by atoms with Crippen molar-refractivity contribution in [2.45, 2.75) is 20.3 Å².